The van der Waals surface area contributed by atoms with Gasteiger partial charge in [0.25, 0.3) is 5.91 Å². The van der Waals surface area contributed by atoms with E-state index < -0.39 is 29.9 Å². The number of amides is 2. The molecule has 3 aromatic carbocycles. The lowest BCUT2D eigenvalue weighted by atomic mass is 9.90. The van der Waals surface area contributed by atoms with E-state index in [0.717, 1.165) is 4.90 Å². The molecule has 2 heterocycles. The van der Waals surface area contributed by atoms with Crippen LogP contribution >= 0.6 is 11.6 Å². The molecule has 0 spiro atoms. The Morgan fingerprint density at radius 3 is 2.23 bits per heavy atom. The number of hydroxylamine groups is 1. The van der Waals surface area contributed by atoms with Crippen LogP contribution in [0.1, 0.15) is 11.6 Å². The van der Waals surface area contributed by atoms with Crippen molar-refractivity contribution in [3.05, 3.63) is 89.4 Å². The van der Waals surface area contributed by atoms with Crippen LogP contribution in [0.3, 0.4) is 0 Å². The number of anilines is 2. The third-order valence-corrected chi connectivity index (χ3v) is 5.79. The van der Waals surface area contributed by atoms with Crippen LogP contribution in [0.2, 0.25) is 5.02 Å². The Hall–Kier alpha value is -3.35. The monoisotopic (exact) mass is 420 g/mol. The molecule has 2 amide bonds. The minimum absolute atomic E-state index is 0.0316. The summed E-state index contributed by atoms with van der Waals surface area (Å²) in [7, 11) is 0. The average Bonchev–Trinajstić information content (AvgIpc) is 3.26. The Balaban J connectivity index is 1.62. The van der Waals surface area contributed by atoms with E-state index in [4.69, 9.17) is 16.4 Å². The maximum absolute atomic E-state index is 13.5. The number of hydrogen-bond acceptors (Lipinski definition) is 5. The van der Waals surface area contributed by atoms with Crippen LogP contribution in [-0.2, 0) is 14.4 Å². The zero-order valence-corrected chi connectivity index (χ0v) is 16.4. The molecule has 0 aliphatic carbocycles. The highest BCUT2D eigenvalue weighted by molar-refractivity contribution is 6.36. The van der Waals surface area contributed by atoms with Gasteiger partial charge in [-0.1, -0.05) is 60.1 Å². The van der Waals surface area contributed by atoms with E-state index >= 15 is 0 Å². The van der Waals surface area contributed by atoms with Crippen LogP contribution in [-0.4, -0.2) is 23.0 Å². The molecule has 0 unspecified atom stereocenters. The molecule has 2 saturated heterocycles. The fourth-order valence-electron chi connectivity index (χ4n) is 4.14. The van der Waals surface area contributed by atoms with Crippen LogP contribution in [0.4, 0.5) is 11.4 Å². The van der Waals surface area contributed by atoms with Gasteiger partial charge in [0.1, 0.15) is 11.7 Å². The van der Waals surface area contributed by atoms with Crippen molar-refractivity contribution in [3.63, 3.8) is 0 Å². The lowest BCUT2D eigenvalue weighted by Crippen LogP contribution is -2.37. The zero-order chi connectivity index (χ0) is 20.8. The Kier molecular flexibility index (Phi) is 4.46. The largest absolute Gasteiger partial charge is 0.508 e. The van der Waals surface area contributed by atoms with Crippen molar-refractivity contribution in [1.29, 1.82) is 0 Å². The standard InChI is InChI=1S/C23H17ClN2O4/c24-16-11-5-6-12-17(16)25-22(28)19-20(15-10-4-7-13-18(15)27)26(30-21(19)23(25)29)14-8-2-1-3-9-14/h1-13,19-21,27H/t19-,20+,21+/m0/s1. The highest BCUT2D eigenvalue weighted by Crippen LogP contribution is 2.49. The first-order chi connectivity index (χ1) is 14.6. The third kappa shape index (κ3) is 2.76. The second-order valence-electron chi connectivity index (χ2n) is 7.18. The van der Waals surface area contributed by atoms with Crippen molar-refractivity contribution in [3.8, 4) is 5.75 Å². The summed E-state index contributed by atoms with van der Waals surface area (Å²) in [6.45, 7) is 0. The number of para-hydroxylation sites is 3. The fraction of sp³-hybridized carbons (Fsp3) is 0.130. The van der Waals surface area contributed by atoms with Crippen molar-refractivity contribution in [2.75, 3.05) is 9.96 Å². The van der Waals surface area contributed by atoms with E-state index in [2.05, 4.69) is 0 Å². The minimum atomic E-state index is -1.02. The van der Waals surface area contributed by atoms with E-state index in [1.165, 1.54) is 0 Å². The second-order valence-corrected chi connectivity index (χ2v) is 7.59. The van der Waals surface area contributed by atoms with E-state index in [0.29, 0.717) is 22.0 Å². The smallest absolute Gasteiger partial charge is 0.266 e. The third-order valence-electron chi connectivity index (χ3n) is 5.47. The predicted octanol–water partition coefficient (Wildman–Crippen LogP) is 4.10. The number of carbonyl (C=O) groups excluding carboxylic acids is 2. The maximum atomic E-state index is 13.5. The summed E-state index contributed by atoms with van der Waals surface area (Å²) in [6.07, 6.45) is -1.02. The molecule has 5 rings (SSSR count). The average molecular weight is 421 g/mol. The first-order valence-electron chi connectivity index (χ1n) is 9.49. The summed E-state index contributed by atoms with van der Waals surface area (Å²) in [4.78, 5) is 33.8. The second kappa shape index (κ2) is 7.16. The molecule has 2 fully saturated rings. The van der Waals surface area contributed by atoms with Gasteiger partial charge in [0, 0.05) is 5.56 Å². The molecule has 30 heavy (non-hydrogen) atoms. The summed E-state index contributed by atoms with van der Waals surface area (Å²) in [5.74, 6) is -1.69. The molecule has 150 valence electrons. The quantitative estimate of drug-likeness (QED) is 0.646. The molecule has 6 nitrogen and oxygen atoms in total. The SMILES string of the molecule is O=C1[C@H]2[C@@H](c3ccccc3O)N(c3ccccc3)O[C@H]2C(=O)N1c1ccccc1Cl. The zero-order valence-electron chi connectivity index (χ0n) is 15.7. The van der Waals surface area contributed by atoms with Crippen molar-refractivity contribution >= 4 is 34.8 Å². The highest BCUT2D eigenvalue weighted by atomic mass is 35.5. The number of imide groups is 1. The summed E-state index contributed by atoms with van der Waals surface area (Å²) < 4.78 is 0. The molecule has 3 atom stereocenters. The summed E-state index contributed by atoms with van der Waals surface area (Å²) in [5, 5.41) is 12.4. The Labute approximate surface area is 177 Å². The highest BCUT2D eigenvalue weighted by Gasteiger charge is 2.60. The molecule has 0 bridgehead atoms. The Morgan fingerprint density at radius 2 is 1.50 bits per heavy atom. The van der Waals surface area contributed by atoms with Gasteiger partial charge in [-0.15, -0.1) is 0 Å². The number of aromatic hydroxyl groups is 1. The summed E-state index contributed by atoms with van der Waals surface area (Å²) in [6, 6.07) is 22.0. The maximum Gasteiger partial charge on any atom is 0.266 e. The predicted molar refractivity (Wildman–Crippen MR) is 112 cm³/mol. The van der Waals surface area contributed by atoms with Crippen molar-refractivity contribution in [1.82, 2.24) is 0 Å². The van der Waals surface area contributed by atoms with Crippen molar-refractivity contribution in [2.24, 2.45) is 5.92 Å². The van der Waals surface area contributed by atoms with Gasteiger partial charge in [-0.3, -0.25) is 14.4 Å². The van der Waals surface area contributed by atoms with Crippen LogP contribution in [0.15, 0.2) is 78.9 Å². The molecular formula is C23H17ClN2O4. The van der Waals surface area contributed by atoms with Crippen LogP contribution < -0.4 is 9.96 Å². The van der Waals surface area contributed by atoms with E-state index in [1.807, 2.05) is 30.3 Å². The van der Waals surface area contributed by atoms with Gasteiger partial charge in [0.2, 0.25) is 5.91 Å². The van der Waals surface area contributed by atoms with Crippen molar-refractivity contribution < 1.29 is 19.5 Å². The molecule has 2 aliphatic heterocycles. The van der Waals surface area contributed by atoms with Gasteiger partial charge >= 0.3 is 0 Å². The van der Waals surface area contributed by atoms with Crippen LogP contribution in [0.5, 0.6) is 5.75 Å². The number of nitrogens with zero attached hydrogens (tertiary/aromatic N) is 2. The number of fused-ring (bicyclic) bond motifs is 1. The lowest BCUT2D eigenvalue weighted by Gasteiger charge is -2.29. The first kappa shape index (κ1) is 18.7. The Bertz CT molecular complexity index is 1140. The molecule has 0 saturated carbocycles. The molecule has 1 N–H and O–H groups in total. The van der Waals surface area contributed by atoms with Crippen molar-refractivity contribution in [2.45, 2.75) is 12.1 Å². The summed E-state index contributed by atoms with van der Waals surface area (Å²) in [5.41, 5.74) is 1.52. The van der Waals surface area contributed by atoms with Gasteiger partial charge in [-0.25, -0.2) is 9.96 Å². The topological polar surface area (TPSA) is 70.1 Å². The van der Waals surface area contributed by atoms with Gasteiger partial charge in [-0.2, -0.15) is 0 Å². The van der Waals surface area contributed by atoms with Gasteiger partial charge in [0.15, 0.2) is 6.10 Å². The molecule has 7 heteroatoms. The van der Waals surface area contributed by atoms with Gasteiger partial charge < -0.3 is 5.11 Å². The number of halogens is 1. The normalized spacial score (nSPS) is 23.2. The molecule has 2 aliphatic rings. The number of phenols is 1. The number of hydrogen-bond donors (Lipinski definition) is 1. The molecule has 0 aromatic heterocycles. The van der Waals surface area contributed by atoms with Crippen LogP contribution in [0, 0.1) is 5.92 Å². The number of rotatable bonds is 3. The summed E-state index contributed by atoms with van der Waals surface area (Å²) >= 11 is 6.26. The minimum Gasteiger partial charge on any atom is -0.508 e. The van der Waals surface area contributed by atoms with Gasteiger partial charge in [-0.05, 0) is 30.3 Å². The number of benzene rings is 3. The number of phenolic OH excluding ortho intramolecular Hbond substituents is 1. The molecular weight excluding hydrogens is 404 g/mol. The first-order valence-corrected chi connectivity index (χ1v) is 9.87. The Morgan fingerprint density at radius 1 is 0.833 bits per heavy atom. The van der Waals surface area contributed by atoms with E-state index in [-0.39, 0.29) is 5.75 Å². The van der Waals surface area contributed by atoms with E-state index in [1.54, 1.807) is 53.6 Å². The van der Waals surface area contributed by atoms with E-state index in [9.17, 15) is 14.7 Å². The molecule has 0 radical (unpaired) electrons. The fourth-order valence-corrected chi connectivity index (χ4v) is 4.36. The lowest BCUT2D eigenvalue weighted by molar-refractivity contribution is -0.126. The molecule has 3 aromatic rings. The number of carbonyl (C=O) groups is 2. The van der Waals surface area contributed by atoms with Crippen LogP contribution in [0.25, 0.3) is 0 Å². The van der Waals surface area contributed by atoms with Gasteiger partial charge in [0.05, 0.1) is 22.4 Å².